The highest BCUT2D eigenvalue weighted by molar-refractivity contribution is 5.91. The Morgan fingerprint density at radius 2 is 2.23 bits per heavy atom. The van der Waals surface area contributed by atoms with Crippen LogP contribution >= 0.6 is 0 Å². The van der Waals surface area contributed by atoms with Crippen molar-refractivity contribution < 1.29 is 9.53 Å². The molecule has 0 radical (unpaired) electrons. The first-order chi connectivity index (χ1) is 6.07. The molecule has 2 N–H and O–H groups in total. The lowest BCUT2D eigenvalue weighted by atomic mass is 10.2. The molecule has 3 nitrogen and oxygen atoms in total. The van der Waals surface area contributed by atoms with Gasteiger partial charge in [-0.3, -0.25) is 4.79 Å². The fraction of sp³-hybridized carbons (Fsp3) is 0.700. The summed E-state index contributed by atoms with van der Waals surface area (Å²) in [5.41, 5.74) is 5.66. The number of rotatable bonds is 6. The normalized spacial score (nSPS) is 14.2. The number of nitrogens with two attached hydrogens (primary N) is 1. The van der Waals surface area contributed by atoms with Gasteiger partial charge in [0, 0.05) is 5.57 Å². The third-order valence-corrected chi connectivity index (χ3v) is 1.93. The van der Waals surface area contributed by atoms with Gasteiger partial charge in [-0.15, -0.1) is 0 Å². The lowest BCUT2D eigenvalue weighted by Crippen LogP contribution is -2.12. The van der Waals surface area contributed by atoms with Crippen LogP contribution in [-0.4, -0.2) is 18.6 Å². The number of hydrogen-bond donors (Lipinski definition) is 1. The molecular formula is C10H19NO2. The zero-order valence-corrected chi connectivity index (χ0v) is 8.67. The smallest absolute Gasteiger partial charge is 0.244 e. The standard InChI is InChI=1S/C10H19NO2/c1-4-9(3)13-7-5-6-8(2)10(11)12/h6,9H,4-5,7H2,1-3H3,(H2,11,12)/b8-6+. The summed E-state index contributed by atoms with van der Waals surface area (Å²) in [6.07, 6.45) is 3.87. The van der Waals surface area contributed by atoms with Crippen LogP contribution in [0.4, 0.5) is 0 Å². The Morgan fingerprint density at radius 3 is 2.69 bits per heavy atom. The number of carbonyl (C=O) groups excluding carboxylic acids is 1. The molecule has 0 rings (SSSR count). The summed E-state index contributed by atoms with van der Waals surface area (Å²) in [6.45, 7) is 6.48. The van der Waals surface area contributed by atoms with E-state index in [2.05, 4.69) is 6.92 Å². The van der Waals surface area contributed by atoms with Crippen LogP contribution in [0.15, 0.2) is 11.6 Å². The van der Waals surface area contributed by atoms with Crippen molar-refractivity contribution in [3.8, 4) is 0 Å². The molecule has 0 saturated carbocycles. The van der Waals surface area contributed by atoms with Crippen LogP contribution in [0.1, 0.15) is 33.6 Å². The molecule has 0 saturated heterocycles. The molecule has 0 fully saturated rings. The summed E-state index contributed by atoms with van der Waals surface area (Å²) in [5, 5.41) is 0. The first kappa shape index (κ1) is 12.2. The Balaban J connectivity index is 3.55. The van der Waals surface area contributed by atoms with E-state index in [0.29, 0.717) is 18.3 Å². The molecule has 76 valence electrons. The van der Waals surface area contributed by atoms with Crippen molar-refractivity contribution in [2.45, 2.75) is 39.7 Å². The largest absolute Gasteiger partial charge is 0.378 e. The van der Waals surface area contributed by atoms with Gasteiger partial charge in [-0.1, -0.05) is 13.0 Å². The van der Waals surface area contributed by atoms with E-state index in [4.69, 9.17) is 10.5 Å². The lowest BCUT2D eigenvalue weighted by Gasteiger charge is -2.08. The molecule has 3 heteroatoms. The van der Waals surface area contributed by atoms with E-state index >= 15 is 0 Å². The van der Waals surface area contributed by atoms with Crippen LogP contribution in [0, 0.1) is 0 Å². The predicted octanol–water partition coefficient (Wildman–Crippen LogP) is 1.62. The van der Waals surface area contributed by atoms with Crippen LogP contribution in [0.5, 0.6) is 0 Å². The number of carbonyl (C=O) groups is 1. The third-order valence-electron chi connectivity index (χ3n) is 1.93. The SMILES string of the molecule is CCC(C)OCC/C=C(\C)C(N)=O. The maximum absolute atomic E-state index is 10.6. The van der Waals surface area contributed by atoms with Crippen molar-refractivity contribution in [2.75, 3.05) is 6.61 Å². The molecule has 0 aliphatic rings. The molecular weight excluding hydrogens is 166 g/mol. The van der Waals surface area contributed by atoms with Gasteiger partial charge in [-0.25, -0.2) is 0 Å². The van der Waals surface area contributed by atoms with Crippen LogP contribution in [0.3, 0.4) is 0 Å². The number of ether oxygens (including phenoxy) is 1. The van der Waals surface area contributed by atoms with Gasteiger partial charge in [-0.2, -0.15) is 0 Å². The van der Waals surface area contributed by atoms with Gasteiger partial charge in [0.05, 0.1) is 12.7 Å². The summed E-state index contributed by atoms with van der Waals surface area (Å²) in [5.74, 6) is -0.358. The second kappa shape index (κ2) is 6.66. The molecule has 0 spiro atoms. The Morgan fingerprint density at radius 1 is 1.62 bits per heavy atom. The third kappa shape index (κ3) is 6.34. The van der Waals surface area contributed by atoms with Gasteiger partial charge in [0.2, 0.25) is 5.91 Å². The highest BCUT2D eigenvalue weighted by atomic mass is 16.5. The van der Waals surface area contributed by atoms with Gasteiger partial charge < -0.3 is 10.5 Å². The Bertz CT molecular complexity index is 187. The molecule has 0 aromatic heterocycles. The van der Waals surface area contributed by atoms with Gasteiger partial charge >= 0.3 is 0 Å². The molecule has 0 heterocycles. The molecule has 1 unspecified atom stereocenters. The summed E-state index contributed by atoms with van der Waals surface area (Å²) < 4.78 is 5.42. The van der Waals surface area contributed by atoms with Crippen LogP contribution in [0.25, 0.3) is 0 Å². The van der Waals surface area contributed by atoms with Crippen molar-refractivity contribution in [2.24, 2.45) is 5.73 Å². The fourth-order valence-electron chi connectivity index (χ4n) is 0.763. The maximum Gasteiger partial charge on any atom is 0.244 e. The Labute approximate surface area is 79.9 Å². The molecule has 0 bridgehead atoms. The van der Waals surface area contributed by atoms with Crippen molar-refractivity contribution in [1.29, 1.82) is 0 Å². The topological polar surface area (TPSA) is 52.3 Å². The molecule has 0 aromatic rings. The van der Waals surface area contributed by atoms with Crippen LogP contribution in [-0.2, 0) is 9.53 Å². The average Bonchev–Trinajstić information content (AvgIpc) is 2.11. The Kier molecular flexibility index (Phi) is 6.24. The zero-order chi connectivity index (χ0) is 10.3. The van der Waals surface area contributed by atoms with Gasteiger partial charge in [-0.05, 0) is 26.7 Å². The molecule has 1 atom stereocenters. The highest BCUT2D eigenvalue weighted by Gasteiger charge is 1.98. The second-order valence-electron chi connectivity index (χ2n) is 3.13. The van der Waals surface area contributed by atoms with Crippen molar-refractivity contribution in [3.05, 3.63) is 11.6 Å². The van der Waals surface area contributed by atoms with E-state index in [-0.39, 0.29) is 5.91 Å². The first-order valence-electron chi connectivity index (χ1n) is 4.66. The fourth-order valence-corrected chi connectivity index (χ4v) is 0.763. The first-order valence-corrected chi connectivity index (χ1v) is 4.66. The predicted molar refractivity (Wildman–Crippen MR) is 53.3 cm³/mol. The molecule has 0 aliphatic carbocycles. The van der Waals surface area contributed by atoms with E-state index < -0.39 is 0 Å². The molecule has 0 aromatic carbocycles. The number of primary amides is 1. The highest BCUT2D eigenvalue weighted by Crippen LogP contribution is 1.99. The average molecular weight is 185 g/mol. The van der Waals surface area contributed by atoms with E-state index in [9.17, 15) is 4.79 Å². The maximum atomic E-state index is 10.6. The quantitative estimate of drug-likeness (QED) is 0.505. The van der Waals surface area contributed by atoms with E-state index in [1.165, 1.54) is 0 Å². The number of hydrogen-bond acceptors (Lipinski definition) is 2. The molecule has 13 heavy (non-hydrogen) atoms. The van der Waals surface area contributed by atoms with E-state index in [1.807, 2.05) is 13.0 Å². The summed E-state index contributed by atoms with van der Waals surface area (Å²) >= 11 is 0. The van der Waals surface area contributed by atoms with Crippen molar-refractivity contribution in [3.63, 3.8) is 0 Å². The van der Waals surface area contributed by atoms with Gasteiger partial charge in [0.15, 0.2) is 0 Å². The summed E-state index contributed by atoms with van der Waals surface area (Å²) in [4.78, 5) is 10.6. The minimum absolute atomic E-state index is 0.294. The lowest BCUT2D eigenvalue weighted by molar-refractivity contribution is -0.114. The van der Waals surface area contributed by atoms with Crippen molar-refractivity contribution >= 4 is 5.91 Å². The van der Waals surface area contributed by atoms with E-state index in [1.54, 1.807) is 6.92 Å². The Hall–Kier alpha value is -0.830. The van der Waals surface area contributed by atoms with Gasteiger partial charge in [0.1, 0.15) is 0 Å². The van der Waals surface area contributed by atoms with Crippen molar-refractivity contribution in [1.82, 2.24) is 0 Å². The second-order valence-corrected chi connectivity index (χ2v) is 3.13. The van der Waals surface area contributed by atoms with Gasteiger partial charge in [0.25, 0.3) is 0 Å². The zero-order valence-electron chi connectivity index (χ0n) is 8.67. The van der Waals surface area contributed by atoms with E-state index in [0.717, 1.165) is 12.8 Å². The summed E-state index contributed by atoms with van der Waals surface area (Å²) in [7, 11) is 0. The summed E-state index contributed by atoms with van der Waals surface area (Å²) in [6, 6.07) is 0. The minimum atomic E-state index is -0.358. The van der Waals surface area contributed by atoms with Crippen LogP contribution in [0.2, 0.25) is 0 Å². The monoisotopic (exact) mass is 185 g/mol. The van der Waals surface area contributed by atoms with Crippen LogP contribution < -0.4 is 5.73 Å². The minimum Gasteiger partial charge on any atom is -0.378 e. The molecule has 1 amide bonds. The molecule has 0 aliphatic heterocycles. The number of amides is 1.